The molecule has 1 aromatic heterocycles. The molecule has 2 aliphatic rings. The summed E-state index contributed by atoms with van der Waals surface area (Å²) in [6, 6.07) is 3.59. The highest BCUT2D eigenvalue weighted by atomic mass is 16.5. The maximum absolute atomic E-state index is 12.6. The Morgan fingerprint density at radius 3 is 2.54 bits per heavy atom. The molecule has 26 heavy (non-hydrogen) atoms. The van der Waals surface area contributed by atoms with Gasteiger partial charge in [0, 0.05) is 26.6 Å². The van der Waals surface area contributed by atoms with Crippen LogP contribution in [0.25, 0.3) is 0 Å². The molecule has 1 aliphatic heterocycles. The molecule has 2 fully saturated rings. The zero-order valence-corrected chi connectivity index (χ0v) is 15.2. The van der Waals surface area contributed by atoms with Gasteiger partial charge in [0.1, 0.15) is 5.76 Å². The second kappa shape index (κ2) is 8.49. The maximum Gasteiger partial charge on any atom is 0.233 e. The Hall–Kier alpha value is -2.15. The zero-order chi connectivity index (χ0) is 18.5. The fraction of sp³-hybridized carbons (Fsp3) is 0.632. The number of imide groups is 1. The average Bonchev–Trinajstić information content (AvgIpc) is 3.25. The molecule has 0 radical (unpaired) electrons. The Morgan fingerprint density at radius 2 is 1.96 bits per heavy atom. The second-order valence-corrected chi connectivity index (χ2v) is 6.96. The lowest BCUT2D eigenvalue weighted by Crippen LogP contribution is -2.38. The Balaban J connectivity index is 1.58. The molecule has 7 nitrogen and oxygen atoms in total. The fourth-order valence-corrected chi connectivity index (χ4v) is 3.90. The van der Waals surface area contributed by atoms with Crippen molar-refractivity contribution in [1.29, 1.82) is 0 Å². The van der Waals surface area contributed by atoms with E-state index in [1.165, 1.54) is 4.90 Å². The monoisotopic (exact) mass is 362 g/mol. The largest absolute Gasteiger partial charge is 0.467 e. The molecule has 2 unspecified atom stereocenters. The van der Waals surface area contributed by atoms with Crippen molar-refractivity contribution < 1.29 is 23.5 Å². The van der Waals surface area contributed by atoms with E-state index in [1.54, 1.807) is 24.3 Å². The summed E-state index contributed by atoms with van der Waals surface area (Å²) in [4.78, 5) is 40.6. The molecule has 2 atom stereocenters. The summed E-state index contributed by atoms with van der Waals surface area (Å²) in [6.45, 7) is 1.36. The van der Waals surface area contributed by atoms with E-state index in [0.29, 0.717) is 25.5 Å². The van der Waals surface area contributed by atoms with Gasteiger partial charge in [-0.05, 0) is 25.0 Å². The van der Waals surface area contributed by atoms with Crippen LogP contribution in [0.4, 0.5) is 0 Å². The van der Waals surface area contributed by atoms with Crippen molar-refractivity contribution in [1.82, 2.24) is 9.80 Å². The summed E-state index contributed by atoms with van der Waals surface area (Å²) >= 11 is 0. The van der Waals surface area contributed by atoms with Gasteiger partial charge >= 0.3 is 0 Å². The van der Waals surface area contributed by atoms with Gasteiger partial charge in [-0.2, -0.15) is 0 Å². The molecule has 3 rings (SSSR count). The van der Waals surface area contributed by atoms with Gasteiger partial charge in [-0.15, -0.1) is 0 Å². The summed E-state index contributed by atoms with van der Waals surface area (Å²) in [6.07, 6.45) is 5.27. The number of furan rings is 1. The quantitative estimate of drug-likeness (QED) is 0.659. The van der Waals surface area contributed by atoms with E-state index in [9.17, 15) is 14.4 Å². The number of ether oxygens (including phenoxy) is 1. The van der Waals surface area contributed by atoms with Crippen LogP contribution in [0.3, 0.4) is 0 Å². The number of nitrogens with zero attached hydrogens (tertiary/aromatic N) is 2. The van der Waals surface area contributed by atoms with Crippen LogP contribution >= 0.6 is 0 Å². The molecule has 1 saturated carbocycles. The molecule has 3 amide bonds. The third-order valence-electron chi connectivity index (χ3n) is 5.33. The van der Waals surface area contributed by atoms with Crippen LogP contribution in [-0.4, -0.2) is 54.3 Å². The van der Waals surface area contributed by atoms with Crippen molar-refractivity contribution in [3.63, 3.8) is 0 Å². The zero-order valence-electron chi connectivity index (χ0n) is 15.2. The van der Waals surface area contributed by atoms with Crippen molar-refractivity contribution >= 4 is 17.7 Å². The van der Waals surface area contributed by atoms with Crippen molar-refractivity contribution in [3.05, 3.63) is 24.2 Å². The first kappa shape index (κ1) is 18.6. The summed E-state index contributed by atoms with van der Waals surface area (Å²) in [7, 11) is 1.58. The molecular weight excluding hydrogens is 336 g/mol. The third kappa shape index (κ3) is 3.98. The van der Waals surface area contributed by atoms with E-state index in [1.807, 2.05) is 6.07 Å². The molecule has 2 heterocycles. The number of methoxy groups -OCH3 is 1. The van der Waals surface area contributed by atoms with Gasteiger partial charge in [0.25, 0.3) is 0 Å². The lowest BCUT2D eigenvalue weighted by Gasteiger charge is -2.23. The Bertz CT molecular complexity index is 618. The van der Waals surface area contributed by atoms with E-state index in [4.69, 9.17) is 9.15 Å². The van der Waals surface area contributed by atoms with Gasteiger partial charge in [0.15, 0.2) is 0 Å². The number of rotatable bonds is 8. The average molecular weight is 362 g/mol. The standard InChI is InChI=1S/C19H26N2O5/c1-25-12-10-20(13-14-5-4-11-26-14)17(22)8-9-21-18(23)15-6-2-3-7-16(15)19(21)24/h4-5,11,15-16H,2-3,6-10,12-13H2,1H3. The molecule has 7 heteroatoms. The molecular formula is C19H26N2O5. The maximum atomic E-state index is 12.6. The smallest absolute Gasteiger partial charge is 0.233 e. The van der Waals surface area contributed by atoms with Crippen molar-refractivity contribution in [3.8, 4) is 0 Å². The normalized spacial score (nSPS) is 22.6. The van der Waals surface area contributed by atoms with Gasteiger partial charge in [0.05, 0.1) is 31.3 Å². The summed E-state index contributed by atoms with van der Waals surface area (Å²) in [5.74, 6) is 0.0461. The first-order valence-corrected chi connectivity index (χ1v) is 9.26. The number of carbonyl (C=O) groups is 3. The SMILES string of the molecule is COCCN(Cc1ccco1)C(=O)CCN1C(=O)C2CCCCC2C1=O. The fourth-order valence-electron chi connectivity index (χ4n) is 3.90. The second-order valence-electron chi connectivity index (χ2n) is 6.96. The Morgan fingerprint density at radius 1 is 1.27 bits per heavy atom. The topological polar surface area (TPSA) is 80.1 Å². The molecule has 0 spiro atoms. The first-order chi connectivity index (χ1) is 12.6. The van der Waals surface area contributed by atoms with Gasteiger partial charge in [0.2, 0.25) is 17.7 Å². The number of hydrogen-bond donors (Lipinski definition) is 0. The third-order valence-corrected chi connectivity index (χ3v) is 5.33. The van der Waals surface area contributed by atoms with Gasteiger partial charge in [-0.1, -0.05) is 12.8 Å². The molecule has 0 N–H and O–H groups in total. The molecule has 1 aliphatic carbocycles. The molecule has 1 saturated heterocycles. The van der Waals surface area contributed by atoms with E-state index < -0.39 is 0 Å². The van der Waals surface area contributed by atoms with E-state index >= 15 is 0 Å². The van der Waals surface area contributed by atoms with Crippen LogP contribution in [0.1, 0.15) is 37.9 Å². The minimum Gasteiger partial charge on any atom is -0.467 e. The molecule has 1 aromatic rings. The van der Waals surface area contributed by atoms with Crippen molar-refractivity contribution in [2.75, 3.05) is 26.8 Å². The number of hydrogen-bond acceptors (Lipinski definition) is 5. The van der Waals surface area contributed by atoms with Crippen LogP contribution in [0.5, 0.6) is 0 Å². The lowest BCUT2D eigenvalue weighted by atomic mass is 9.81. The Labute approximate surface area is 153 Å². The number of carbonyl (C=O) groups excluding carboxylic acids is 3. The van der Waals surface area contributed by atoms with Crippen molar-refractivity contribution in [2.45, 2.75) is 38.6 Å². The number of likely N-dealkylation sites (tertiary alicyclic amines) is 1. The van der Waals surface area contributed by atoms with E-state index in [0.717, 1.165) is 25.7 Å². The highest BCUT2D eigenvalue weighted by molar-refractivity contribution is 6.05. The van der Waals surface area contributed by atoms with E-state index in [-0.39, 0.29) is 42.5 Å². The summed E-state index contributed by atoms with van der Waals surface area (Å²) < 4.78 is 10.4. The number of fused-ring (bicyclic) bond motifs is 1. The van der Waals surface area contributed by atoms with Crippen LogP contribution in [0, 0.1) is 11.8 Å². The lowest BCUT2D eigenvalue weighted by molar-refractivity contribution is -0.141. The molecule has 142 valence electrons. The van der Waals surface area contributed by atoms with Gasteiger partial charge in [-0.25, -0.2) is 0 Å². The predicted molar refractivity (Wildman–Crippen MR) is 92.8 cm³/mol. The Kier molecular flexibility index (Phi) is 6.08. The van der Waals surface area contributed by atoms with E-state index in [2.05, 4.69) is 0 Å². The predicted octanol–water partition coefficient (Wildman–Crippen LogP) is 1.82. The minimum absolute atomic E-state index is 0.0954. The molecule has 0 aromatic carbocycles. The van der Waals surface area contributed by atoms with Crippen LogP contribution in [0.2, 0.25) is 0 Å². The highest BCUT2D eigenvalue weighted by Crippen LogP contribution is 2.37. The summed E-state index contributed by atoms with van der Waals surface area (Å²) in [5.41, 5.74) is 0. The minimum atomic E-state index is -0.168. The van der Waals surface area contributed by atoms with Crippen LogP contribution in [0.15, 0.2) is 22.8 Å². The highest BCUT2D eigenvalue weighted by Gasteiger charge is 2.47. The number of amides is 3. The van der Waals surface area contributed by atoms with Crippen molar-refractivity contribution in [2.24, 2.45) is 11.8 Å². The van der Waals surface area contributed by atoms with Gasteiger partial charge in [-0.3, -0.25) is 19.3 Å². The van der Waals surface area contributed by atoms with Crippen LogP contribution < -0.4 is 0 Å². The van der Waals surface area contributed by atoms with Gasteiger partial charge < -0.3 is 14.1 Å². The first-order valence-electron chi connectivity index (χ1n) is 9.26. The van der Waals surface area contributed by atoms with Crippen LogP contribution in [-0.2, 0) is 25.7 Å². The summed E-state index contributed by atoms with van der Waals surface area (Å²) in [5, 5.41) is 0. The molecule has 0 bridgehead atoms.